The number of hydrogen-bond donors (Lipinski definition) is 2. The molecule has 0 spiro atoms. The fraction of sp³-hybridized carbons (Fsp3) is 0.375. The van der Waals surface area contributed by atoms with E-state index < -0.39 is 5.97 Å². The van der Waals surface area contributed by atoms with Crippen molar-refractivity contribution in [3.05, 3.63) is 11.1 Å². The van der Waals surface area contributed by atoms with Crippen molar-refractivity contribution >= 4 is 28.3 Å². The van der Waals surface area contributed by atoms with Crippen molar-refractivity contribution in [3.8, 4) is 0 Å². The van der Waals surface area contributed by atoms with E-state index in [1.54, 1.807) is 4.90 Å². The molecule has 15 heavy (non-hydrogen) atoms. The Morgan fingerprint density at radius 2 is 2.47 bits per heavy atom. The van der Waals surface area contributed by atoms with Gasteiger partial charge in [-0.1, -0.05) is 0 Å². The second-order valence-corrected chi connectivity index (χ2v) is 3.93. The molecule has 1 amide bonds. The third kappa shape index (κ3) is 2.07. The van der Waals surface area contributed by atoms with E-state index in [9.17, 15) is 9.59 Å². The van der Waals surface area contributed by atoms with Crippen molar-refractivity contribution in [2.24, 2.45) is 0 Å². The number of anilines is 1. The molecule has 1 aromatic heterocycles. The van der Waals surface area contributed by atoms with E-state index in [-0.39, 0.29) is 18.1 Å². The fourth-order valence-corrected chi connectivity index (χ4v) is 2.14. The number of nitrogens with one attached hydrogen (secondary N) is 1. The minimum atomic E-state index is -1.04. The lowest BCUT2D eigenvalue weighted by molar-refractivity contribution is -0.120. The second kappa shape index (κ2) is 3.85. The molecule has 1 fully saturated rings. The van der Waals surface area contributed by atoms with Crippen molar-refractivity contribution in [1.29, 1.82) is 0 Å². The van der Waals surface area contributed by atoms with Gasteiger partial charge in [-0.2, -0.15) is 0 Å². The van der Waals surface area contributed by atoms with Crippen molar-refractivity contribution in [1.82, 2.24) is 10.3 Å². The number of nitrogens with zero attached hydrogens (tertiary/aromatic N) is 2. The summed E-state index contributed by atoms with van der Waals surface area (Å²) >= 11 is 1.24. The van der Waals surface area contributed by atoms with Gasteiger partial charge in [0.1, 0.15) is 0 Å². The Morgan fingerprint density at radius 1 is 1.67 bits per heavy atom. The van der Waals surface area contributed by atoms with Crippen LogP contribution in [0.15, 0.2) is 5.38 Å². The highest BCUT2D eigenvalue weighted by molar-refractivity contribution is 7.13. The maximum Gasteiger partial charge on any atom is 0.355 e. The number of thiazole rings is 1. The van der Waals surface area contributed by atoms with Crippen LogP contribution in [-0.2, 0) is 4.79 Å². The molecule has 0 radical (unpaired) electrons. The Morgan fingerprint density at radius 3 is 3.07 bits per heavy atom. The van der Waals surface area contributed by atoms with Gasteiger partial charge in [0.05, 0.1) is 6.54 Å². The quantitative estimate of drug-likeness (QED) is 0.729. The molecule has 2 N–H and O–H groups in total. The summed E-state index contributed by atoms with van der Waals surface area (Å²) in [7, 11) is 0. The number of rotatable bonds is 2. The van der Waals surface area contributed by atoms with Crippen LogP contribution >= 0.6 is 11.3 Å². The van der Waals surface area contributed by atoms with Gasteiger partial charge < -0.3 is 15.3 Å². The van der Waals surface area contributed by atoms with Crippen molar-refractivity contribution in [3.63, 3.8) is 0 Å². The zero-order valence-electron chi connectivity index (χ0n) is 7.77. The lowest BCUT2D eigenvalue weighted by Gasteiger charge is -2.25. The van der Waals surface area contributed by atoms with Crippen LogP contribution < -0.4 is 10.2 Å². The highest BCUT2D eigenvalue weighted by Crippen LogP contribution is 2.20. The molecule has 7 heteroatoms. The first-order valence-electron chi connectivity index (χ1n) is 4.37. The zero-order valence-corrected chi connectivity index (χ0v) is 8.58. The summed E-state index contributed by atoms with van der Waals surface area (Å²) in [5, 5.41) is 13.4. The second-order valence-electron chi connectivity index (χ2n) is 3.09. The number of carbonyl (C=O) groups excluding carboxylic acids is 1. The molecular formula is C8H9N3O3S. The highest BCUT2D eigenvalue weighted by atomic mass is 32.1. The Labute approximate surface area is 89.5 Å². The molecule has 1 aromatic rings. The summed E-state index contributed by atoms with van der Waals surface area (Å²) in [5.74, 6) is -1.10. The number of aromatic nitrogens is 1. The van der Waals surface area contributed by atoms with E-state index in [1.165, 1.54) is 16.7 Å². The van der Waals surface area contributed by atoms with Gasteiger partial charge in [-0.25, -0.2) is 9.78 Å². The van der Waals surface area contributed by atoms with Crippen LogP contribution in [0.3, 0.4) is 0 Å². The van der Waals surface area contributed by atoms with Gasteiger partial charge in [0, 0.05) is 18.5 Å². The van der Waals surface area contributed by atoms with E-state index in [0.717, 1.165) is 0 Å². The van der Waals surface area contributed by atoms with Gasteiger partial charge in [0.2, 0.25) is 5.91 Å². The van der Waals surface area contributed by atoms with Crippen LogP contribution in [0, 0.1) is 0 Å². The number of carboxylic acid groups (broad SMARTS) is 1. The predicted octanol–water partition coefficient (Wildman–Crippen LogP) is -0.223. The summed E-state index contributed by atoms with van der Waals surface area (Å²) in [6.45, 7) is 1.48. The molecule has 0 atom stereocenters. The van der Waals surface area contributed by atoms with Gasteiger partial charge in [-0.15, -0.1) is 11.3 Å². The molecule has 0 aliphatic carbocycles. The number of hydrogen-bond acceptors (Lipinski definition) is 5. The molecule has 1 aliphatic heterocycles. The lowest BCUT2D eigenvalue weighted by Crippen LogP contribution is -2.47. The van der Waals surface area contributed by atoms with Crippen molar-refractivity contribution < 1.29 is 14.7 Å². The lowest BCUT2D eigenvalue weighted by atomic mass is 10.4. The third-order valence-corrected chi connectivity index (χ3v) is 2.92. The average Bonchev–Trinajstić information content (AvgIpc) is 2.66. The molecule has 1 aliphatic rings. The van der Waals surface area contributed by atoms with Gasteiger partial charge in [0.15, 0.2) is 10.8 Å². The third-order valence-electron chi connectivity index (χ3n) is 2.02. The largest absolute Gasteiger partial charge is 0.476 e. The van der Waals surface area contributed by atoms with E-state index in [4.69, 9.17) is 5.11 Å². The Hall–Kier alpha value is -1.63. The summed E-state index contributed by atoms with van der Waals surface area (Å²) < 4.78 is 0. The Kier molecular flexibility index (Phi) is 2.55. The van der Waals surface area contributed by atoms with E-state index >= 15 is 0 Å². The maximum absolute atomic E-state index is 11.1. The van der Waals surface area contributed by atoms with Gasteiger partial charge >= 0.3 is 5.97 Å². The smallest absolute Gasteiger partial charge is 0.355 e. The fourth-order valence-electron chi connectivity index (χ4n) is 1.31. The monoisotopic (exact) mass is 227 g/mol. The van der Waals surface area contributed by atoms with Crippen molar-refractivity contribution in [2.75, 3.05) is 24.5 Å². The molecule has 0 saturated carbocycles. The number of carbonyl (C=O) groups is 2. The van der Waals surface area contributed by atoms with Crippen molar-refractivity contribution in [2.45, 2.75) is 0 Å². The normalized spacial score (nSPS) is 16.3. The van der Waals surface area contributed by atoms with E-state index in [1.807, 2.05) is 0 Å². The van der Waals surface area contributed by atoms with Gasteiger partial charge in [-0.3, -0.25) is 4.79 Å². The number of aromatic carboxylic acids is 1. The zero-order chi connectivity index (χ0) is 10.8. The summed E-state index contributed by atoms with van der Waals surface area (Å²) in [5.41, 5.74) is 0.0287. The predicted molar refractivity (Wildman–Crippen MR) is 54.3 cm³/mol. The summed E-state index contributed by atoms with van der Waals surface area (Å²) in [4.78, 5) is 27.4. The van der Waals surface area contributed by atoms with E-state index in [0.29, 0.717) is 18.2 Å². The van der Waals surface area contributed by atoms with Crippen LogP contribution in [0.2, 0.25) is 0 Å². The molecule has 0 aromatic carbocycles. The number of piperazine rings is 1. The van der Waals surface area contributed by atoms with Crippen LogP contribution in [0.4, 0.5) is 5.13 Å². The minimum Gasteiger partial charge on any atom is -0.476 e. The SMILES string of the molecule is O=C1CN(c2nc(C(=O)O)cs2)CCN1. The summed E-state index contributed by atoms with van der Waals surface area (Å²) in [6.07, 6.45) is 0. The highest BCUT2D eigenvalue weighted by Gasteiger charge is 2.20. The molecule has 2 rings (SSSR count). The molecule has 2 heterocycles. The van der Waals surface area contributed by atoms with Crippen LogP contribution in [0.25, 0.3) is 0 Å². The van der Waals surface area contributed by atoms with Crippen LogP contribution in [0.5, 0.6) is 0 Å². The van der Waals surface area contributed by atoms with E-state index in [2.05, 4.69) is 10.3 Å². The first-order chi connectivity index (χ1) is 7.16. The standard InChI is InChI=1S/C8H9N3O3S/c12-6-3-11(2-1-9-6)8-10-5(4-15-8)7(13)14/h4H,1-3H2,(H,9,12)(H,13,14). The minimum absolute atomic E-state index is 0.0287. The molecule has 0 unspecified atom stereocenters. The maximum atomic E-state index is 11.1. The molecule has 0 bridgehead atoms. The molecule has 80 valence electrons. The van der Waals surface area contributed by atoms with Crippen LogP contribution in [0.1, 0.15) is 10.5 Å². The Balaban J connectivity index is 2.14. The molecular weight excluding hydrogens is 218 g/mol. The summed E-state index contributed by atoms with van der Waals surface area (Å²) in [6, 6.07) is 0. The number of carboxylic acids is 1. The average molecular weight is 227 g/mol. The molecule has 6 nitrogen and oxygen atoms in total. The Bertz CT molecular complexity index is 404. The number of amides is 1. The van der Waals surface area contributed by atoms with Gasteiger partial charge in [-0.05, 0) is 0 Å². The molecule has 1 saturated heterocycles. The topological polar surface area (TPSA) is 82.5 Å². The van der Waals surface area contributed by atoms with Crippen LogP contribution in [-0.4, -0.2) is 41.6 Å². The first kappa shape index (κ1) is 9.91. The first-order valence-corrected chi connectivity index (χ1v) is 5.25. The van der Waals surface area contributed by atoms with Gasteiger partial charge in [0.25, 0.3) is 0 Å².